The molecule has 0 bridgehead atoms. The maximum Gasteiger partial charge on any atom is 0.344 e. The number of aromatic hydroxyl groups is 2. The van der Waals surface area contributed by atoms with E-state index >= 15 is 0 Å². The fraction of sp³-hybridized carbons (Fsp3) is 0.348. The van der Waals surface area contributed by atoms with Crippen molar-refractivity contribution in [3.8, 4) is 23.0 Å². The number of carbonyl (C=O) groups is 1. The first-order valence-corrected chi connectivity index (χ1v) is 10.7. The van der Waals surface area contributed by atoms with Gasteiger partial charge in [-0.05, 0) is 19.1 Å². The van der Waals surface area contributed by atoms with Gasteiger partial charge in [0.15, 0.2) is 28.8 Å². The summed E-state index contributed by atoms with van der Waals surface area (Å²) in [7, 11) is 1.23. The van der Waals surface area contributed by atoms with Gasteiger partial charge in [-0.15, -0.1) is 0 Å². The Morgan fingerprint density at radius 1 is 0.917 bits per heavy atom. The molecule has 13 heteroatoms. The third-order valence-corrected chi connectivity index (χ3v) is 6.03. The van der Waals surface area contributed by atoms with Crippen LogP contribution in [0.4, 0.5) is 0 Å². The fourth-order valence-electron chi connectivity index (χ4n) is 4.45. The zero-order valence-corrected chi connectivity index (χ0v) is 19.0. The summed E-state index contributed by atoms with van der Waals surface area (Å²) >= 11 is 0. The van der Waals surface area contributed by atoms with Gasteiger partial charge in [-0.3, -0.25) is 4.79 Å². The zero-order valence-electron chi connectivity index (χ0n) is 19.0. The van der Waals surface area contributed by atoms with Crippen LogP contribution < -0.4 is 20.7 Å². The molecule has 5 rings (SSSR count). The summed E-state index contributed by atoms with van der Waals surface area (Å²) in [5.41, 5.74) is -2.52. The van der Waals surface area contributed by atoms with Crippen LogP contribution in [0.3, 0.4) is 0 Å². The number of carbonyl (C=O) groups excluding carboxylic acids is 1. The first kappa shape index (κ1) is 23.7. The molecule has 13 nitrogen and oxygen atoms in total. The Morgan fingerprint density at radius 2 is 1.44 bits per heavy atom. The molecule has 3 heterocycles. The first-order valence-electron chi connectivity index (χ1n) is 10.7. The highest BCUT2D eigenvalue weighted by atomic mass is 16.7. The Bertz CT molecular complexity index is 1620. The van der Waals surface area contributed by atoms with E-state index in [1.807, 2.05) is 0 Å². The highest BCUT2D eigenvalue weighted by Gasteiger charge is 2.46. The molecule has 190 valence electrons. The molecule has 0 aliphatic carbocycles. The van der Waals surface area contributed by atoms with Crippen LogP contribution in [0.25, 0.3) is 32.7 Å². The van der Waals surface area contributed by atoms with Crippen molar-refractivity contribution in [1.29, 1.82) is 0 Å². The van der Waals surface area contributed by atoms with Crippen molar-refractivity contribution in [2.45, 2.75) is 44.6 Å². The van der Waals surface area contributed by atoms with Crippen molar-refractivity contribution >= 4 is 38.7 Å². The van der Waals surface area contributed by atoms with Crippen molar-refractivity contribution in [3.63, 3.8) is 0 Å². The number of aliphatic hydroxyl groups excluding tert-OH is 2. The SMILES string of the molecule is COc1c(O)cc2c(=O)oc3c(O[C@@H]4O[C@H](C)[C@@H](OC(C)=O)[C@@H](O)[C@H]4O)c(O)cc4c(=O)oc1c2c34. The van der Waals surface area contributed by atoms with Gasteiger partial charge in [0.05, 0.1) is 24.0 Å². The topological polar surface area (TPSA) is 195 Å². The lowest BCUT2D eigenvalue weighted by Gasteiger charge is -2.40. The van der Waals surface area contributed by atoms with E-state index in [0.717, 1.165) is 19.1 Å². The minimum atomic E-state index is -1.75. The van der Waals surface area contributed by atoms with Crippen molar-refractivity contribution in [3.05, 3.63) is 33.0 Å². The molecule has 4 aromatic rings. The van der Waals surface area contributed by atoms with Gasteiger partial charge in [0.2, 0.25) is 17.8 Å². The van der Waals surface area contributed by atoms with Crippen LogP contribution in [-0.2, 0) is 14.3 Å². The molecular weight excluding hydrogens is 484 g/mol. The quantitative estimate of drug-likeness (QED) is 0.172. The van der Waals surface area contributed by atoms with Crippen molar-refractivity contribution in [1.82, 2.24) is 0 Å². The molecule has 0 radical (unpaired) electrons. The number of ether oxygens (including phenoxy) is 4. The molecule has 1 fully saturated rings. The van der Waals surface area contributed by atoms with Crippen LogP contribution in [0.5, 0.6) is 23.0 Å². The minimum absolute atomic E-state index is 0.0126. The minimum Gasteiger partial charge on any atom is -0.504 e. The number of benzene rings is 2. The molecule has 1 aliphatic rings. The lowest BCUT2D eigenvalue weighted by Crippen LogP contribution is -2.59. The van der Waals surface area contributed by atoms with E-state index in [1.165, 1.54) is 14.0 Å². The standard InChI is InChI=1S/C23H20O13/c1-6-16(33-7(2)24)14(27)15(28)23(32-6)36-18-11(26)5-9-13-12-8(22(30)35-20(13)18)4-10(25)17(31-3)19(12)34-21(9)29/h4-6,14-16,23,25-28H,1-3H3/t6-,14+,15-,16-,23+/m1/s1. The van der Waals surface area contributed by atoms with Crippen LogP contribution in [0.2, 0.25) is 0 Å². The van der Waals surface area contributed by atoms with Gasteiger partial charge >= 0.3 is 17.2 Å². The number of hydrogen-bond donors (Lipinski definition) is 4. The number of hydrogen-bond acceptors (Lipinski definition) is 13. The second-order valence-corrected chi connectivity index (χ2v) is 8.32. The summed E-state index contributed by atoms with van der Waals surface area (Å²) in [6, 6.07) is 2.10. The Kier molecular flexibility index (Phi) is 5.43. The average Bonchev–Trinajstić information content (AvgIpc) is 2.81. The monoisotopic (exact) mass is 504 g/mol. The molecular formula is C23H20O13. The number of rotatable bonds is 4. The molecule has 0 amide bonds. The van der Waals surface area contributed by atoms with Gasteiger partial charge in [0.25, 0.3) is 0 Å². The van der Waals surface area contributed by atoms with Crippen LogP contribution in [-0.4, -0.2) is 64.2 Å². The second-order valence-electron chi connectivity index (χ2n) is 8.32. The third-order valence-electron chi connectivity index (χ3n) is 6.03. The number of esters is 1. The number of phenols is 2. The van der Waals surface area contributed by atoms with Gasteiger partial charge in [0, 0.05) is 17.7 Å². The molecule has 5 atom stereocenters. The van der Waals surface area contributed by atoms with E-state index in [9.17, 15) is 34.8 Å². The van der Waals surface area contributed by atoms with Crippen LogP contribution in [0, 0.1) is 0 Å². The zero-order chi connectivity index (χ0) is 26.0. The predicted octanol–water partition coefficient (Wildman–Crippen LogP) is 0.687. The number of aliphatic hydroxyl groups is 2. The van der Waals surface area contributed by atoms with Gasteiger partial charge < -0.3 is 48.2 Å². The molecule has 0 unspecified atom stereocenters. The molecule has 36 heavy (non-hydrogen) atoms. The molecule has 1 saturated heterocycles. The predicted molar refractivity (Wildman–Crippen MR) is 120 cm³/mol. The Morgan fingerprint density at radius 3 is 1.97 bits per heavy atom. The lowest BCUT2D eigenvalue weighted by molar-refractivity contribution is -0.272. The van der Waals surface area contributed by atoms with Crippen molar-refractivity contribution in [2.75, 3.05) is 7.11 Å². The summed E-state index contributed by atoms with van der Waals surface area (Å²) < 4.78 is 32.0. The smallest absolute Gasteiger partial charge is 0.344 e. The molecule has 2 aromatic carbocycles. The van der Waals surface area contributed by atoms with E-state index in [0.29, 0.717) is 0 Å². The van der Waals surface area contributed by atoms with Crippen molar-refractivity contribution < 1.29 is 53.0 Å². The van der Waals surface area contributed by atoms with E-state index in [4.69, 9.17) is 27.8 Å². The number of methoxy groups -OCH3 is 1. The van der Waals surface area contributed by atoms with E-state index in [1.54, 1.807) is 0 Å². The Balaban J connectivity index is 1.71. The summed E-state index contributed by atoms with van der Waals surface area (Å²) in [6.45, 7) is 2.59. The molecule has 1 aliphatic heterocycles. The summed E-state index contributed by atoms with van der Waals surface area (Å²) in [4.78, 5) is 36.9. The highest BCUT2D eigenvalue weighted by Crippen LogP contribution is 2.46. The Hall–Kier alpha value is -4.07. The highest BCUT2D eigenvalue weighted by molar-refractivity contribution is 6.22. The third kappa shape index (κ3) is 3.39. The van der Waals surface area contributed by atoms with Gasteiger partial charge in [-0.2, -0.15) is 0 Å². The second kappa shape index (κ2) is 8.26. The van der Waals surface area contributed by atoms with Crippen LogP contribution in [0.1, 0.15) is 13.8 Å². The van der Waals surface area contributed by atoms with E-state index < -0.39 is 65.2 Å². The van der Waals surface area contributed by atoms with Crippen LogP contribution in [0.15, 0.2) is 30.6 Å². The van der Waals surface area contributed by atoms with Gasteiger partial charge in [0.1, 0.15) is 12.2 Å². The lowest BCUT2D eigenvalue weighted by atomic mass is 9.99. The number of phenolic OH excluding ortho intramolecular Hbond substituents is 2. The van der Waals surface area contributed by atoms with Gasteiger partial charge in [-0.25, -0.2) is 9.59 Å². The normalized spacial score (nSPS) is 24.4. The maximum atomic E-state index is 12.8. The largest absolute Gasteiger partial charge is 0.504 e. The maximum absolute atomic E-state index is 12.8. The van der Waals surface area contributed by atoms with E-state index in [-0.39, 0.29) is 38.5 Å². The molecule has 4 N–H and O–H groups in total. The van der Waals surface area contributed by atoms with Crippen molar-refractivity contribution in [2.24, 2.45) is 0 Å². The Labute approximate surface area is 199 Å². The first-order chi connectivity index (χ1) is 17.0. The summed E-state index contributed by atoms with van der Waals surface area (Å²) in [6.07, 6.45) is -7.11. The molecule has 0 spiro atoms. The van der Waals surface area contributed by atoms with Crippen LogP contribution >= 0.6 is 0 Å². The fourth-order valence-corrected chi connectivity index (χ4v) is 4.45. The summed E-state index contributed by atoms with van der Waals surface area (Å²) in [5.74, 6) is -2.51. The summed E-state index contributed by atoms with van der Waals surface area (Å²) in [5, 5.41) is 41.7. The average molecular weight is 504 g/mol. The van der Waals surface area contributed by atoms with Gasteiger partial charge in [-0.1, -0.05) is 0 Å². The van der Waals surface area contributed by atoms with E-state index in [2.05, 4.69) is 0 Å². The molecule has 0 saturated carbocycles. The molecule has 2 aromatic heterocycles.